The van der Waals surface area contributed by atoms with Gasteiger partial charge in [-0.3, -0.25) is 14.5 Å². The molecule has 1 atom stereocenters. The van der Waals surface area contributed by atoms with E-state index in [-0.39, 0.29) is 11.3 Å². The second kappa shape index (κ2) is 9.45. The van der Waals surface area contributed by atoms with Crippen molar-refractivity contribution in [3.63, 3.8) is 0 Å². The number of hydrogen-bond donors (Lipinski definition) is 1. The van der Waals surface area contributed by atoms with E-state index in [1.807, 2.05) is 55.5 Å². The molecule has 0 bridgehead atoms. The first-order valence-corrected chi connectivity index (χ1v) is 12.3. The number of ketones is 1. The largest absolute Gasteiger partial charge is 0.503 e. The Kier molecular flexibility index (Phi) is 6.30. The summed E-state index contributed by atoms with van der Waals surface area (Å²) < 4.78 is 11.2. The van der Waals surface area contributed by atoms with Crippen molar-refractivity contribution in [3.05, 3.63) is 106 Å². The summed E-state index contributed by atoms with van der Waals surface area (Å²) in [5.41, 5.74) is 3.66. The highest BCUT2D eigenvalue weighted by Gasteiger charge is 2.45. The first-order valence-electron chi connectivity index (χ1n) is 11.9. The molecule has 0 fully saturated rings. The molecule has 3 aromatic carbocycles. The fourth-order valence-corrected chi connectivity index (χ4v) is 4.98. The van der Waals surface area contributed by atoms with Crippen LogP contribution in [-0.2, 0) is 4.79 Å². The van der Waals surface area contributed by atoms with E-state index < -0.39 is 23.5 Å². The van der Waals surface area contributed by atoms with Crippen molar-refractivity contribution in [2.75, 3.05) is 12.0 Å². The molecule has 1 amide bonds. The Hall–Kier alpha value is -4.03. The molecule has 0 saturated heterocycles. The first kappa shape index (κ1) is 24.7. The summed E-state index contributed by atoms with van der Waals surface area (Å²) in [5, 5.41) is 12.1. The van der Waals surface area contributed by atoms with Gasteiger partial charge in [-0.1, -0.05) is 67.4 Å². The Labute approximate surface area is 219 Å². The molecule has 0 spiro atoms. The maximum absolute atomic E-state index is 13.9. The zero-order valence-corrected chi connectivity index (χ0v) is 21.7. The van der Waals surface area contributed by atoms with Crippen LogP contribution in [0, 0.1) is 6.92 Å². The van der Waals surface area contributed by atoms with Gasteiger partial charge in [-0.15, -0.1) is 0 Å². The standard InChI is InChI=1S/C30H26ClNO5/c1-16(2)18-8-10-22(11-9-18)32-26(19-7-5-6-17(3)12-19)25(28(34)30(32)35)27(33)23-14-20-13-21(31)15-24(36-4)29(20)37-23/h5-16,26,34H,1-4H3. The monoisotopic (exact) mass is 515 g/mol. The molecule has 0 aliphatic carbocycles. The highest BCUT2D eigenvalue weighted by atomic mass is 35.5. The summed E-state index contributed by atoms with van der Waals surface area (Å²) in [6.45, 7) is 6.11. The Morgan fingerprint density at radius 1 is 1.08 bits per heavy atom. The minimum atomic E-state index is -0.844. The smallest absolute Gasteiger partial charge is 0.294 e. The minimum absolute atomic E-state index is 0.0282. The van der Waals surface area contributed by atoms with Gasteiger partial charge in [0.25, 0.3) is 5.91 Å². The number of methoxy groups -OCH3 is 1. The van der Waals surface area contributed by atoms with E-state index in [1.165, 1.54) is 12.0 Å². The number of aliphatic hydroxyl groups excluding tert-OH is 1. The SMILES string of the molecule is COc1cc(Cl)cc2cc(C(=O)C3=C(O)C(=O)N(c4ccc(C(C)C)cc4)C3c3cccc(C)c3)oc12. The van der Waals surface area contributed by atoms with Crippen LogP contribution in [0.25, 0.3) is 11.0 Å². The highest BCUT2D eigenvalue weighted by Crippen LogP contribution is 2.43. The summed E-state index contributed by atoms with van der Waals surface area (Å²) in [7, 11) is 1.48. The van der Waals surface area contributed by atoms with E-state index in [9.17, 15) is 14.7 Å². The first-order chi connectivity index (χ1) is 17.7. The van der Waals surface area contributed by atoms with Crippen LogP contribution < -0.4 is 9.64 Å². The van der Waals surface area contributed by atoms with Crippen molar-refractivity contribution in [2.45, 2.75) is 32.7 Å². The Morgan fingerprint density at radius 2 is 1.81 bits per heavy atom. The number of amides is 1. The number of aliphatic hydroxyl groups is 1. The molecule has 0 radical (unpaired) electrons. The van der Waals surface area contributed by atoms with Crippen LogP contribution in [0.3, 0.4) is 0 Å². The number of anilines is 1. The van der Waals surface area contributed by atoms with E-state index in [1.54, 1.807) is 18.2 Å². The van der Waals surface area contributed by atoms with Gasteiger partial charge in [0.05, 0.1) is 18.7 Å². The fraction of sp³-hybridized carbons (Fsp3) is 0.200. The van der Waals surface area contributed by atoms with Gasteiger partial charge in [-0.05, 0) is 48.2 Å². The summed E-state index contributed by atoms with van der Waals surface area (Å²) in [5.74, 6) is -1.17. The number of hydrogen-bond acceptors (Lipinski definition) is 5. The molecule has 1 aliphatic heterocycles. The second-order valence-corrected chi connectivity index (χ2v) is 9.90. The van der Waals surface area contributed by atoms with Crippen molar-refractivity contribution < 1.29 is 23.8 Å². The van der Waals surface area contributed by atoms with Crippen LogP contribution in [0.1, 0.15) is 53.1 Å². The predicted molar refractivity (Wildman–Crippen MR) is 144 cm³/mol. The van der Waals surface area contributed by atoms with Crippen LogP contribution in [-0.4, -0.2) is 23.9 Å². The number of aryl methyl sites for hydroxylation is 1. The van der Waals surface area contributed by atoms with E-state index in [2.05, 4.69) is 13.8 Å². The van der Waals surface area contributed by atoms with E-state index in [4.69, 9.17) is 20.8 Å². The third-order valence-corrected chi connectivity index (χ3v) is 6.86. The van der Waals surface area contributed by atoms with Crippen molar-refractivity contribution in [2.24, 2.45) is 0 Å². The average molecular weight is 516 g/mol. The highest BCUT2D eigenvalue weighted by molar-refractivity contribution is 6.31. The van der Waals surface area contributed by atoms with Crippen LogP contribution >= 0.6 is 11.6 Å². The van der Waals surface area contributed by atoms with Gasteiger partial charge >= 0.3 is 0 Å². The van der Waals surface area contributed by atoms with Crippen molar-refractivity contribution in [3.8, 4) is 5.75 Å². The molecule has 6 nitrogen and oxygen atoms in total. The normalized spacial score (nSPS) is 15.8. The Bertz CT molecular complexity index is 1560. The molecular weight excluding hydrogens is 490 g/mol. The van der Waals surface area contributed by atoms with Gasteiger partial charge in [0, 0.05) is 22.2 Å². The fourth-order valence-electron chi connectivity index (χ4n) is 4.76. The number of halogens is 1. The lowest BCUT2D eigenvalue weighted by Gasteiger charge is -2.27. The molecule has 0 saturated carbocycles. The van der Waals surface area contributed by atoms with Gasteiger partial charge in [0.2, 0.25) is 5.78 Å². The molecule has 1 unspecified atom stereocenters. The van der Waals surface area contributed by atoms with Gasteiger partial charge in [0.1, 0.15) is 0 Å². The molecule has 2 heterocycles. The molecule has 5 rings (SSSR count). The molecule has 1 aromatic heterocycles. The lowest BCUT2D eigenvalue weighted by molar-refractivity contribution is -0.117. The van der Waals surface area contributed by atoms with Crippen molar-refractivity contribution in [1.29, 1.82) is 0 Å². The Morgan fingerprint density at radius 3 is 2.46 bits per heavy atom. The summed E-state index contributed by atoms with van der Waals surface area (Å²) in [4.78, 5) is 28.8. The van der Waals surface area contributed by atoms with Gasteiger partial charge in [-0.2, -0.15) is 0 Å². The molecular formula is C30H26ClNO5. The minimum Gasteiger partial charge on any atom is -0.503 e. The lowest BCUT2D eigenvalue weighted by Crippen LogP contribution is -2.31. The predicted octanol–water partition coefficient (Wildman–Crippen LogP) is 7.31. The number of Topliss-reactive ketones (excluding diaryl/α,β-unsaturated/α-hetero) is 1. The van der Waals surface area contributed by atoms with Crippen LogP contribution in [0.2, 0.25) is 5.02 Å². The quantitative estimate of drug-likeness (QED) is 0.272. The van der Waals surface area contributed by atoms with Crippen molar-refractivity contribution in [1.82, 2.24) is 0 Å². The van der Waals surface area contributed by atoms with Gasteiger partial charge in [-0.25, -0.2) is 0 Å². The van der Waals surface area contributed by atoms with E-state index in [0.29, 0.717) is 38.9 Å². The Balaban J connectivity index is 1.65. The zero-order chi connectivity index (χ0) is 26.4. The molecule has 37 heavy (non-hydrogen) atoms. The van der Waals surface area contributed by atoms with Gasteiger partial charge in [0.15, 0.2) is 22.9 Å². The molecule has 1 N–H and O–H groups in total. The number of carbonyl (C=O) groups is 2. The zero-order valence-electron chi connectivity index (χ0n) is 20.9. The third-order valence-electron chi connectivity index (χ3n) is 6.64. The maximum Gasteiger partial charge on any atom is 0.294 e. The molecule has 4 aromatic rings. The number of benzene rings is 3. The summed E-state index contributed by atoms with van der Waals surface area (Å²) in [6, 6.07) is 19.1. The number of nitrogens with zero attached hydrogens (tertiary/aromatic N) is 1. The summed E-state index contributed by atoms with van der Waals surface area (Å²) >= 11 is 6.19. The third kappa shape index (κ3) is 4.27. The summed E-state index contributed by atoms with van der Waals surface area (Å²) in [6.07, 6.45) is 0. The number of furan rings is 1. The van der Waals surface area contributed by atoms with Crippen molar-refractivity contribution >= 4 is 39.9 Å². The molecule has 188 valence electrons. The number of carbonyl (C=O) groups excluding carboxylic acids is 2. The number of rotatable bonds is 6. The van der Waals surface area contributed by atoms with Crippen LogP contribution in [0.5, 0.6) is 5.75 Å². The van der Waals surface area contributed by atoms with Crippen LogP contribution in [0.4, 0.5) is 5.69 Å². The average Bonchev–Trinajstić information content (AvgIpc) is 3.42. The topological polar surface area (TPSA) is 80.0 Å². The number of ether oxygens (including phenoxy) is 1. The molecule has 1 aliphatic rings. The molecule has 7 heteroatoms. The number of fused-ring (bicyclic) bond motifs is 1. The maximum atomic E-state index is 13.9. The van der Waals surface area contributed by atoms with Gasteiger partial charge < -0.3 is 14.3 Å². The van der Waals surface area contributed by atoms with E-state index >= 15 is 0 Å². The second-order valence-electron chi connectivity index (χ2n) is 9.47. The van der Waals surface area contributed by atoms with E-state index in [0.717, 1.165) is 11.1 Å². The lowest BCUT2D eigenvalue weighted by atomic mass is 9.93. The van der Waals surface area contributed by atoms with Crippen LogP contribution in [0.15, 0.2) is 82.5 Å².